The number of nitrogens with zero attached hydrogens (tertiary/aromatic N) is 2. The number of carbonyl (C=O) groups excluding carboxylic acids is 2. The smallest absolute Gasteiger partial charge is 0.236 e. The van der Waals surface area contributed by atoms with Crippen molar-refractivity contribution in [2.24, 2.45) is 0 Å². The summed E-state index contributed by atoms with van der Waals surface area (Å²) in [5.74, 6) is 0.0974. The molecule has 0 radical (unpaired) electrons. The highest BCUT2D eigenvalue weighted by Crippen LogP contribution is 2.05. The van der Waals surface area contributed by atoms with E-state index in [1.807, 2.05) is 47.2 Å². The van der Waals surface area contributed by atoms with Gasteiger partial charge >= 0.3 is 0 Å². The van der Waals surface area contributed by atoms with Crippen LogP contribution in [0, 0.1) is 0 Å². The Bertz CT molecular complexity index is 492. The van der Waals surface area contributed by atoms with Gasteiger partial charge in [-0.1, -0.05) is 18.2 Å². The number of rotatable bonds is 6. The Labute approximate surface area is 143 Å². The fraction of sp³-hybridized carbons (Fsp3) is 0.500. The van der Waals surface area contributed by atoms with Gasteiger partial charge in [0.25, 0.3) is 0 Å². The average molecular weight is 341 g/mol. The topological polar surface area (TPSA) is 64.7 Å². The predicted molar refractivity (Wildman–Crippen MR) is 93.9 cm³/mol. The van der Waals surface area contributed by atoms with E-state index in [4.69, 9.17) is 0 Å². The molecule has 2 amide bonds. The van der Waals surface area contributed by atoms with E-state index in [2.05, 4.69) is 10.6 Å². The van der Waals surface area contributed by atoms with Gasteiger partial charge in [-0.05, 0) is 19.2 Å². The lowest BCUT2D eigenvalue weighted by Gasteiger charge is -2.29. The molecule has 1 fully saturated rings. The van der Waals surface area contributed by atoms with E-state index in [1.165, 1.54) is 0 Å². The standard InChI is InChI=1S/C16H24N4O2.ClH/c1-19(13-16(22)20-11-8-17-9-12-20)10-7-15(21)18-14-5-3-2-4-6-14;/h2-6,17H,7-13H2,1H3,(H,18,21);1H. The molecule has 2 N–H and O–H groups in total. The molecule has 7 heteroatoms. The Hall–Kier alpha value is -1.63. The van der Waals surface area contributed by atoms with Crippen molar-refractivity contribution in [1.82, 2.24) is 15.1 Å². The van der Waals surface area contributed by atoms with E-state index in [1.54, 1.807) is 0 Å². The number of nitrogens with one attached hydrogen (secondary N) is 2. The maximum atomic E-state index is 12.1. The Kier molecular flexibility index (Phi) is 8.61. The molecule has 1 aromatic rings. The van der Waals surface area contributed by atoms with Gasteiger partial charge in [-0.3, -0.25) is 14.5 Å². The molecule has 23 heavy (non-hydrogen) atoms. The van der Waals surface area contributed by atoms with E-state index < -0.39 is 0 Å². The lowest BCUT2D eigenvalue weighted by Crippen LogP contribution is -2.49. The normalized spacial score (nSPS) is 14.3. The molecule has 0 saturated carbocycles. The van der Waals surface area contributed by atoms with Crippen LogP contribution >= 0.6 is 12.4 Å². The number of likely N-dealkylation sites (N-methyl/N-ethyl adjacent to an activating group) is 1. The quantitative estimate of drug-likeness (QED) is 0.804. The highest BCUT2D eigenvalue weighted by molar-refractivity contribution is 5.90. The van der Waals surface area contributed by atoms with Crippen LogP contribution in [-0.4, -0.2) is 67.9 Å². The monoisotopic (exact) mass is 340 g/mol. The number of carbonyl (C=O) groups is 2. The zero-order chi connectivity index (χ0) is 15.8. The first kappa shape index (κ1) is 19.4. The molecule has 0 spiro atoms. The third kappa shape index (κ3) is 6.99. The van der Waals surface area contributed by atoms with Crippen molar-refractivity contribution in [1.29, 1.82) is 0 Å². The number of amides is 2. The lowest BCUT2D eigenvalue weighted by atomic mass is 10.3. The molecule has 0 aromatic heterocycles. The van der Waals surface area contributed by atoms with Gasteiger partial charge in [0.15, 0.2) is 0 Å². The first-order valence-corrected chi connectivity index (χ1v) is 7.67. The van der Waals surface area contributed by atoms with Crippen molar-refractivity contribution < 1.29 is 9.59 Å². The molecule has 6 nitrogen and oxygen atoms in total. The summed E-state index contributed by atoms with van der Waals surface area (Å²) < 4.78 is 0. The predicted octanol–water partition coefficient (Wildman–Crippen LogP) is 0.801. The summed E-state index contributed by atoms with van der Waals surface area (Å²) in [5, 5.41) is 6.07. The molecule has 1 heterocycles. The molecule has 1 aliphatic heterocycles. The third-order valence-corrected chi connectivity index (χ3v) is 3.65. The van der Waals surface area contributed by atoms with Crippen LogP contribution in [0.5, 0.6) is 0 Å². The van der Waals surface area contributed by atoms with Crippen LogP contribution in [0.1, 0.15) is 6.42 Å². The van der Waals surface area contributed by atoms with Gasteiger partial charge in [0.1, 0.15) is 0 Å². The maximum Gasteiger partial charge on any atom is 0.236 e. The van der Waals surface area contributed by atoms with Crippen LogP contribution in [-0.2, 0) is 9.59 Å². The van der Waals surface area contributed by atoms with Crippen LogP contribution in [0.4, 0.5) is 5.69 Å². The molecule has 0 atom stereocenters. The second kappa shape index (κ2) is 10.2. The minimum absolute atomic E-state index is 0. The van der Waals surface area contributed by atoms with Gasteiger partial charge < -0.3 is 15.5 Å². The average Bonchev–Trinajstić information content (AvgIpc) is 2.55. The molecule has 2 rings (SSSR count). The Balaban J connectivity index is 0.00000264. The largest absolute Gasteiger partial charge is 0.339 e. The van der Waals surface area contributed by atoms with Gasteiger partial charge in [0, 0.05) is 44.8 Å². The third-order valence-electron chi connectivity index (χ3n) is 3.65. The zero-order valence-electron chi connectivity index (χ0n) is 13.5. The van der Waals surface area contributed by atoms with E-state index >= 15 is 0 Å². The second-order valence-corrected chi connectivity index (χ2v) is 5.53. The minimum Gasteiger partial charge on any atom is -0.339 e. The first-order chi connectivity index (χ1) is 10.6. The maximum absolute atomic E-state index is 12.1. The summed E-state index contributed by atoms with van der Waals surface area (Å²) >= 11 is 0. The van der Waals surface area contributed by atoms with E-state index in [0.717, 1.165) is 31.9 Å². The molecule has 128 valence electrons. The molecular weight excluding hydrogens is 316 g/mol. The van der Waals surface area contributed by atoms with Crippen LogP contribution < -0.4 is 10.6 Å². The number of hydrogen-bond acceptors (Lipinski definition) is 4. The van der Waals surface area contributed by atoms with Gasteiger partial charge in [-0.2, -0.15) is 0 Å². The highest BCUT2D eigenvalue weighted by Gasteiger charge is 2.17. The SMILES string of the molecule is CN(CCC(=O)Nc1ccccc1)CC(=O)N1CCNCC1.Cl. The summed E-state index contributed by atoms with van der Waals surface area (Å²) in [4.78, 5) is 27.7. The van der Waals surface area contributed by atoms with Crippen molar-refractivity contribution >= 4 is 29.9 Å². The lowest BCUT2D eigenvalue weighted by molar-refractivity contribution is -0.133. The van der Waals surface area contributed by atoms with Gasteiger partial charge in [-0.25, -0.2) is 0 Å². The molecule has 1 aliphatic rings. The summed E-state index contributed by atoms with van der Waals surface area (Å²) in [7, 11) is 1.87. The summed E-state index contributed by atoms with van der Waals surface area (Å²) in [6.07, 6.45) is 0.375. The van der Waals surface area contributed by atoms with E-state index in [-0.39, 0.29) is 24.2 Å². The second-order valence-electron chi connectivity index (χ2n) is 5.53. The Morgan fingerprint density at radius 3 is 2.52 bits per heavy atom. The number of hydrogen-bond donors (Lipinski definition) is 2. The fourth-order valence-corrected chi connectivity index (χ4v) is 2.36. The zero-order valence-corrected chi connectivity index (χ0v) is 14.3. The number of piperazine rings is 1. The molecular formula is C16H25ClN4O2. The van der Waals surface area contributed by atoms with Crippen molar-refractivity contribution in [3.8, 4) is 0 Å². The van der Waals surface area contributed by atoms with Gasteiger partial charge in [0.05, 0.1) is 6.54 Å². The molecule has 0 bridgehead atoms. The number of benzene rings is 1. The molecule has 1 saturated heterocycles. The van der Waals surface area contributed by atoms with E-state index in [0.29, 0.717) is 19.5 Å². The van der Waals surface area contributed by atoms with Crippen LogP contribution in [0.25, 0.3) is 0 Å². The molecule has 0 aliphatic carbocycles. The van der Waals surface area contributed by atoms with Crippen molar-refractivity contribution in [2.45, 2.75) is 6.42 Å². The van der Waals surface area contributed by atoms with Crippen LogP contribution in [0.3, 0.4) is 0 Å². The fourth-order valence-electron chi connectivity index (χ4n) is 2.36. The molecule has 1 aromatic carbocycles. The van der Waals surface area contributed by atoms with Crippen molar-refractivity contribution in [2.75, 3.05) is 51.6 Å². The highest BCUT2D eigenvalue weighted by atomic mass is 35.5. The van der Waals surface area contributed by atoms with Gasteiger partial charge in [0.2, 0.25) is 11.8 Å². The minimum atomic E-state index is -0.0346. The van der Waals surface area contributed by atoms with Crippen LogP contribution in [0.15, 0.2) is 30.3 Å². The van der Waals surface area contributed by atoms with Crippen molar-refractivity contribution in [3.05, 3.63) is 30.3 Å². The Morgan fingerprint density at radius 1 is 1.22 bits per heavy atom. The first-order valence-electron chi connectivity index (χ1n) is 7.67. The van der Waals surface area contributed by atoms with E-state index in [9.17, 15) is 9.59 Å². The number of para-hydroxylation sites is 1. The number of halogens is 1. The number of anilines is 1. The van der Waals surface area contributed by atoms with Gasteiger partial charge in [-0.15, -0.1) is 12.4 Å². The molecule has 0 unspecified atom stereocenters. The van der Waals surface area contributed by atoms with Crippen molar-refractivity contribution in [3.63, 3.8) is 0 Å². The van der Waals surface area contributed by atoms with Crippen LogP contribution in [0.2, 0.25) is 0 Å². The summed E-state index contributed by atoms with van der Waals surface area (Å²) in [6, 6.07) is 9.39. The summed E-state index contributed by atoms with van der Waals surface area (Å²) in [6.45, 7) is 4.17. The Morgan fingerprint density at radius 2 is 1.87 bits per heavy atom. The summed E-state index contributed by atoms with van der Waals surface area (Å²) in [5.41, 5.74) is 0.798.